The number of hydrogen-bond donors (Lipinski definition) is 2. The van der Waals surface area contributed by atoms with Gasteiger partial charge in [0.05, 0.1) is 5.60 Å². The van der Waals surface area contributed by atoms with Crippen LogP contribution in [0.25, 0.3) is 0 Å². The topological polar surface area (TPSA) is 101 Å². The van der Waals surface area contributed by atoms with E-state index in [-0.39, 0.29) is 18.4 Å². The Morgan fingerprint density at radius 3 is 2.55 bits per heavy atom. The molecular formula is C12H22N6O2. The molecule has 1 aromatic rings. The van der Waals surface area contributed by atoms with Gasteiger partial charge in [0.2, 0.25) is 11.9 Å². The highest BCUT2D eigenvalue weighted by molar-refractivity contribution is 5.76. The molecule has 8 nitrogen and oxygen atoms in total. The number of β-amino-alcohol motifs (C(OH)–C–C–N with tert-alkyl or cyclic N) is 1. The summed E-state index contributed by atoms with van der Waals surface area (Å²) in [6, 6.07) is 0. The molecule has 2 heterocycles. The first-order valence-corrected chi connectivity index (χ1v) is 6.71. The van der Waals surface area contributed by atoms with Gasteiger partial charge in [0, 0.05) is 32.7 Å². The van der Waals surface area contributed by atoms with E-state index < -0.39 is 5.60 Å². The van der Waals surface area contributed by atoms with Crippen LogP contribution < -0.4 is 5.73 Å². The van der Waals surface area contributed by atoms with Gasteiger partial charge in [0.1, 0.15) is 12.9 Å². The van der Waals surface area contributed by atoms with Crippen molar-refractivity contribution in [2.24, 2.45) is 0 Å². The molecular weight excluding hydrogens is 260 g/mol. The smallest absolute Gasteiger partial charge is 0.244 e. The Bertz CT molecular complexity index is 459. The van der Waals surface area contributed by atoms with Crippen molar-refractivity contribution in [3.8, 4) is 0 Å². The van der Waals surface area contributed by atoms with Crippen molar-refractivity contribution in [2.45, 2.75) is 26.0 Å². The van der Waals surface area contributed by atoms with Crippen LogP contribution in [0.1, 0.15) is 13.8 Å². The van der Waals surface area contributed by atoms with E-state index in [1.807, 2.05) is 0 Å². The van der Waals surface area contributed by atoms with Gasteiger partial charge < -0.3 is 15.7 Å². The normalized spacial score (nSPS) is 17.4. The molecule has 8 heteroatoms. The molecule has 1 aromatic heterocycles. The average Bonchev–Trinajstić information content (AvgIpc) is 2.73. The molecule has 1 saturated heterocycles. The van der Waals surface area contributed by atoms with Crippen LogP contribution in [0.4, 0.5) is 5.95 Å². The van der Waals surface area contributed by atoms with Crippen molar-refractivity contribution in [2.75, 3.05) is 38.5 Å². The Kier molecular flexibility index (Phi) is 4.24. The van der Waals surface area contributed by atoms with E-state index in [1.54, 1.807) is 18.7 Å². The molecule has 0 saturated carbocycles. The summed E-state index contributed by atoms with van der Waals surface area (Å²) in [5.41, 5.74) is 4.71. The molecule has 2 rings (SSSR count). The molecule has 3 N–H and O–H groups in total. The van der Waals surface area contributed by atoms with Gasteiger partial charge in [-0.3, -0.25) is 9.69 Å². The zero-order valence-electron chi connectivity index (χ0n) is 12.0. The Hall–Kier alpha value is -1.67. The Balaban J connectivity index is 1.80. The second-order valence-corrected chi connectivity index (χ2v) is 5.77. The minimum atomic E-state index is -0.704. The summed E-state index contributed by atoms with van der Waals surface area (Å²) in [5, 5.41) is 13.7. The number of amides is 1. The highest BCUT2D eigenvalue weighted by Gasteiger charge is 2.25. The molecule has 1 amide bonds. The third-order valence-corrected chi connectivity index (χ3v) is 3.19. The molecule has 0 radical (unpaired) electrons. The Morgan fingerprint density at radius 2 is 2.05 bits per heavy atom. The maximum Gasteiger partial charge on any atom is 0.244 e. The molecule has 1 aliphatic heterocycles. The second-order valence-electron chi connectivity index (χ2n) is 5.77. The van der Waals surface area contributed by atoms with Gasteiger partial charge in [-0.25, -0.2) is 9.67 Å². The van der Waals surface area contributed by atoms with E-state index in [1.165, 1.54) is 11.0 Å². The van der Waals surface area contributed by atoms with Crippen LogP contribution in [-0.2, 0) is 11.3 Å². The maximum absolute atomic E-state index is 12.1. The van der Waals surface area contributed by atoms with Gasteiger partial charge in [-0.1, -0.05) is 0 Å². The molecule has 0 aromatic carbocycles. The van der Waals surface area contributed by atoms with Crippen molar-refractivity contribution >= 4 is 11.9 Å². The summed E-state index contributed by atoms with van der Waals surface area (Å²) < 4.78 is 1.45. The second kappa shape index (κ2) is 5.76. The van der Waals surface area contributed by atoms with Crippen molar-refractivity contribution < 1.29 is 9.90 Å². The van der Waals surface area contributed by atoms with Crippen LogP contribution in [-0.4, -0.2) is 73.9 Å². The zero-order chi connectivity index (χ0) is 14.8. The monoisotopic (exact) mass is 282 g/mol. The number of hydrogen-bond acceptors (Lipinski definition) is 6. The first-order valence-electron chi connectivity index (χ1n) is 6.71. The number of aliphatic hydroxyl groups is 1. The Labute approximate surface area is 118 Å². The minimum absolute atomic E-state index is 0.0119. The van der Waals surface area contributed by atoms with Gasteiger partial charge in [0.25, 0.3) is 0 Å². The Morgan fingerprint density at radius 1 is 1.40 bits per heavy atom. The summed E-state index contributed by atoms with van der Waals surface area (Å²) in [6.45, 7) is 7.24. The van der Waals surface area contributed by atoms with Gasteiger partial charge in [-0.15, -0.1) is 5.10 Å². The van der Waals surface area contributed by atoms with Crippen LogP contribution in [0, 0.1) is 0 Å². The third kappa shape index (κ3) is 4.17. The number of anilines is 1. The molecule has 1 fully saturated rings. The predicted octanol–water partition coefficient (Wildman–Crippen LogP) is -1.22. The quantitative estimate of drug-likeness (QED) is 0.717. The number of carbonyl (C=O) groups is 1. The highest BCUT2D eigenvalue weighted by atomic mass is 16.3. The minimum Gasteiger partial charge on any atom is -0.389 e. The highest BCUT2D eigenvalue weighted by Crippen LogP contribution is 2.09. The number of nitrogen functional groups attached to an aromatic ring is 1. The van der Waals surface area contributed by atoms with Crippen molar-refractivity contribution in [3.05, 3.63) is 6.33 Å². The SMILES string of the molecule is CC(C)(O)CN1CCN(C(=O)Cn2cnc(N)n2)CC1. The fourth-order valence-electron chi connectivity index (χ4n) is 2.33. The number of nitrogens with two attached hydrogens (primary N) is 1. The van der Waals surface area contributed by atoms with Crippen molar-refractivity contribution in [3.63, 3.8) is 0 Å². The third-order valence-electron chi connectivity index (χ3n) is 3.19. The first-order chi connectivity index (χ1) is 9.33. The molecule has 0 atom stereocenters. The molecule has 0 bridgehead atoms. The van der Waals surface area contributed by atoms with E-state index in [2.05, 4.69) is 15.0 Å². The fourth-order valence-corrected chi connectivity index (χ4v) is 2.33. The lowest BCUT2D eigenvalue weighted by Gasteiger charge is -2.37. The molecule has 0 spiro atoms. The number of nitrogens with zero attached hydrogens (tertiary/aromatic N) is 5. The van der Waals surface area contributed by atoms with Crippen LogP contribution in [0.5, 0.6) is 0 Å². The van der Waals surface area contributed by atoms with E-state index in [9.17, 15) is 9.90 Å². The van der Waals surface area contributed by atoms with E-state index >= 15 is 0 Å². The molecule has 20 heavy (non-hydrogen) atoms. The molecule has 0 aliphatic carbocycles. The van der Waals surface area contributed by atoms with Gasteiger partial charge >= 0.3 is 0 Å². The molecule has 0 unspecified atom stereocenters. The summed E-state index contributed by atoms with van der Waals surface area (Å²) in [5.74, 6) is 0.186. The zero-order valence-corrected chi connectivity index (χ0v) is 12.0. The lowest BCUT2D eigenvalue weighted by molar-refractivity contribution is -0.134. The summed E-state index contributed by atoms with van der Waals surface area (Å²) in [4.78, 5) is 19.9. The fraction of sp³-hybridized carbons (Fsp3) is 0.750. The number of rotatable bonds is 4. The molecule has 112 valence electrons. The molecule has 1 aliphatic rings. The standard InChI is InChI=1S/C12H22N6O2/c1-12(2,20)8-16-3-5-17(6-4-16)10(19)7-18-9-14-11(13)15-18/h9,20H,3-8H2,1-2H3,(H2,13,15). The largest absolute Gasteiger partial charge is 0.389 e. The van der Waals surface area contributed by atoms with Gasteiger partial charge in [-0.05, 0) is 13.8 Å². The van der Waals surface area contributed by atoms with Crippen LogP contribution in [0.15, 0.2) is 6.33 Å². The van der Waals surface area contributed by atoms with Crippen molar-refractivity contribution in [1.29, 1.82) is 0 Å². The summed E-state index contributed by atoms with van der Waals surface area (Å²) in [6.07, 6.45) is 1.46. The average molecular weight is 282 g/mol. The maximum atomic E-state index is 12.1. The van der Waals surface area contributed by atoms with E-state index in [0.29, 0.717) is 19.6 Å². The van der Waals surface area contributed by atoms with Crippen LogP contribution >= 0.6 is 0 Å². The van der Waals surface area contributed by atoms with E-state index in [0.717, 1.165) is 13.1 Å². The lowest BCUT2D eigenvalue weighted by Crippen LogP contribution is -2.52. The predicted molar refractivity (Wildman–Crippen MR) is 73.8 cm³/mol. The summed E-state index contributed by atoms with van der Waals surface area (Å²) in [7, 11) is 0. The van der Waals surface area contributed by atoms with Crippen molar-refractivity contribution in [1.82, 2.24) is 24.6 Å². The first kappa shape index (κ1) is 14.7. The van der Waals surface area contributed by atoms with Crippen LogP contribution in [0.3, 0.4) is 0 Å². The number of aromatic nitrogens is 3. The van der Waals surface area contributed by atoms with E-state index in [4.69, 9.17) is 5.73 Å². The lowest BCUT2D eigenvalue weighted by atomic mass is 10.1. The number of piperazine rings is 1. The number of carbonyl (C=O) groups excluding carboxylic acids is 1. The van der Waals surface area contributed by atoms with Gasteiger partial charge in [-0.2, -0.15) is 0 Å². The van der Waals surface area contributed by atoms with Crippen LogP contribution in [0.2, 0.25) is 0 Å². The van der Waals surface area contributed by atoms with Gasteiger partial charge in [0.15, 0.2) is 0 Å². The summed E-state index contributed by atoms with van der Waals surface area (Å²) >= 11 is 0.